The highest BCUT2D eigenvalue weighted by molar-refractivity contribution is 5.67. The number of aliphatic hydroxyl groups is 2. The molecule has 0 saturated heterocycles. The zero-order valence-corrected chi connectivity index (χ0v) is 11.5. The SMILES string of the molecule is C[C@H](NC(=O)OCc1ccccc1)[C@@](C)(O)[C@@H](C)O. The minimum Gasteiger partial charge on any atom is -0.445 e. The average Bonchev–Trinajstić information content (AvgIpc) is 2.37. The molecule has 3 N–H and O–H groups in total. The van der Waals surface area contributed by atoms with E-state index in [1.54, 1.807) is 6.92 Å². The Morgan fingerprint density at radius 3 is 2.47 bits per heavy atom. The van der Waals surface area contributed by atoms with E-state index in [0.29, 0.717) is 0 Å². The van der Waals surface area contributed by atoms with E-state index >= 15 is 0 Å². The van der Waals surface area contributed by atoms with E-state index in [1.807, 2.05) is 30.3 Å². The van der Waals surface area contributed by atoms with Crippen LogP contribution in [-0.4, -0.2) is 34.1 Å². The highest BCUT2D eigenvalue weighted by Crippen LogP contribution is 2.15. The summed E-state index contributed by atoms with van der Waals surface area (Å²) in [4.78, 5) is 11.6. The van der Waals surface area contributed by atoms with Gasteiger partial charge in [-0.05, 0) is 26.3 Å². The lowest BCUT2D eigenvalue weighted by atomic mass is 9.92. The first-order valence-electron chi connectivity index (χ1n) is 6.21. The van der Waals surface area contributed by atoms with Crippen LogP contribution in [0.25, 0.3) is 0 Å². The van der Waals surface area contributed by atoms with Crippen LogP contribution in [0.3, 0.4) is 0 Å². The summed E-state index contributed by atoms with van der Waals surface area (Å²) in [6.45, 7) is 4.69. The normalized spacial score (nSPS) is 17.1. The molecule has 1 aromatic carbocycles. The lowest BCUT2D eigenvalue weighted by Crippen LogP contribution is -2.55. The van der Waals surface area contributed by atoms with Gasteiger partial charge in [-0.1, -0.05) is 30.3 Å². The standard InChI is InChI=1S/C14H21NO4/c1-10(14(3,18)11(2)16)15-13(17)19-9-12-7-5-4-6-8-12/h4-8,10-11,16,18H,9H2,1-3H3,(H,15,17)/t10-,11+,14+/m0/s1. The number of amides is 1. The van der Waals surface area contributed by atoms with Crippen LogP contribution >= 0.6 is 0 Å². The summed E-state index contributed by atoms with van der Waals surface area (Å²) in [5.74, 6) is 0. The molecule has 0 saturated carbocycles. The van der Waals surface area contributed by atoms with Crippen LogP contribution in [0.1, 0.15) is 26.3 Å². The number of ether oxygens (including phenoxy) is 1. The maximum atomic E-state index is 11.6. The van der Waals surface area contributed by atoms with Crippen LogP contribution < -0.4 is 5.32 Å². The highest BCUT2D eigenvalue weighted by Gasteiger charge is 2.34. The van der Waals surface area contributed by atoms with E-state index in [4.69, 9.17) is 4.74 Å². The molecule has 3 atom stereocenters. The molecule has 0 radical (unpaired) electrons. The van der Waals surface area contributed by atoms with Gasteiger partial charge in [0.25, 0.3) is 0 Å². The molecule has 1 amide bonds. The maximum absolute atomic E-state index is 11.6. The summed E-state index contributed by atoms with van der Waals surface area (Å²) >= 11 is 0. The molecule has 5 heteroatoms. The predicted octanol–water partition coefficient (Wildman–Crippen LogP) is 1.43. The number of alkyl carbamates (subject to hydrolysis) is 1. The van der Waals surface area contributed by atoms with E-state index in [0.717, 1.165) is 5.56 Å². The fourth-order valence-electron chi connectivity index (χ4n) is 1.45. The zero-order chi connectivity index (χ0) is 14.5. The van der Waals surface area contributed by atoms with Gasteiger partial charge in [-0.25, -0.2) is 4.79 Å². The van der Waals surface area contributed by atoms with Gasteiger partial charge in [0.1, 0.15) is 12.2 Å². The topological polar surface area (TPSA) is 78.8 Å². The fourth-order valence-corrected chi connectivity index (χ4v) is 1.45. The van der Waals surface area contributed by atoms with Gasteiger partial charge in [0, 0.05) is 0 Å². The van der Waals surface area contributed by atoms with E-state index in [-0.39, 0.29) is 6.61 Å². The molecule has 106 valence electrons. The summed E-state index contributed by atoms with van der Waals surface area (Å²) < 4.78 is 5.03. The van der Waals surface area contributed by atoms with Gasteiger partial charge in [-0.2, -0.15) is 0 Å². The Bertz CT molecular complexity index is 403. The lowest BCUT2D eigenvalue weighted by Gasteiger charge is -2.33. The smallest absolute Gasteiger partial charge is 0.407 e. The quantitative estimate of drug-likeness (QED) is 0.754. The molecule has 0 heterocycles. The largest absolute Gasteiger partial charge is 0.445 e. The number of aliphatic hydroxyl groups excluding tert-OH is 1. The number of nitrogens with one attached hydrogen (secondary N) is 1. The Morgan fingerprint density at radius 2 is 1.95 bits per heavy atom. The van der Waals surface area contributed by atoms with Crippen molar-refractivity contribution in [1.29, 1.82) is 0 Å². The number of rotatable bonds is 5. The second-order valence-corrected chi connectivity index (χ2v) is 4.83. The van der Waals surface area contributed by atoms with Gasteiger partial charge >= 0.3 is 6.09 Å². The van der Waals surface area contributed by atoms with E-state index in [1.165, 1.54) is 13.8 Å². The van der Waals surface area contributed by atoms with Gasteiger partial charge in [-0.15, -0.1) is 0 Å². The van der Waals surface area contributed by atoms with Crippen molar-refractivity contribution in [3.05, 3.63) is 35.9 Å². The minimum atomic E-state index is -1.41. The van der Waals surface area contributed by atoms with Gasteiger partial charge in [0.05, 0.1) is 12.1 Å². The fraction of sp³-hybridized carbons (Fsp3) is 0.500. The summed E-state index contributed by atoms with van der Waals surface area (Å²) in [6.07, 6.45) is -1.59. The Kier molecular flexibility index (Phi) is 5.32. The summed E-state index contributed by atoms with van der Waals surface area (Å²) in [5, 5.41) is 21.9. The Hall–Kier alpha value is -1.59. The number of carbonyl (C=O) groups excluding carboxylic acids is 1. The van der Waals surface area contributed by atoms with Crippen molar-refractivity contribution >= 4 is 6.09 Å². The molecular formula is C14H21NO4. The third-order valence-corrected chi connectivity index (χ3v) is 3.27. The molecule has 0 aromatic heterocycles. The second kappa shape index (κ2) is 6.54. The van der Waals surface area contributed by atoms with E-state index in [9.17, 15) is 15.0 Å². The van der Waals surface area contributed by atoms with Crippen LogP contribution in [0.15, 0.2) is 30.3 Å². The van der Waals surface area contributed by atoms with Crippen molar-refractivity contribution in [2.24, 2.45) is 0 Å². The maximum Gasteiger partial charge on any atom is 0.407 e. The van der Waals surface area contributed by atoms with Gasteiger partial charge in [-0.3, -0.25) is 0 Å². The molecule has 0 aliphatic heterocycles. The van der Waals surface area contributed by atoms with Crippen molar-refractivity contribution in [3.8, 4) is 0 Å². The number of carbonyl (C=O) groups is 1. The lowest BCUT2D eigenvalue weighted by molar-refractivity contribution is -0.0722. The first-order valence-corrected chi connectivity index (χ1v) is 6.21. The molecule has 0 unspecified atom stereocenters. The van der Waals surface area contributed by atoms with Crippen LogP contribution in [0.4, 0.5) is 4.79 Å². The second-order valence-electron chi connectivity index (χ2n) is 4.83. The Morgan fingerprint density at radius 1 is 1.37 bits per heavy atom. The molecule has 1 rings (SSSR count). The number of hydrogen-bond acceptors (Lipinski definition) is 4. The Labute approximate surface area is 113 Å². The predicted molar refractivity (Wildman–Crippen MR) is 71.5 cm³/mol. The molecule has 0 bridgehead atoms. The van der Waals surface area contributed by atoms with E-state index < -0.39 is 23.8 Å². The highest BCUT2D eigenvalue weighted by atomic mass is 16.5. The first-order chi connectivity index (χ1) is 8.84. The third kappa shape index (κ3) is 4.54. The molecular weight excluding hydrogens is 246 g/mol. The minimum absolute atomic E-state index is 0.163. The molecule has 0 aliphatic carbocycles. The van der Waals surface area contributed by atoms with E-state index in [2.05, 4.69) is 5.32 Å². The van der Waals surface area contributed by atoms with Gasteiger partial charge in [0.2, 0.25) is 0 Å². The molecule has 0 aliphatic rings. The first kappa shape index (κ1) is 15.5. The van der Waals surface area contributed by atoms with Crippen LogP contribution in [0.5, 0.6) is 0 Å². The summed E-state index contributed by atoms with van der Waals surface area (Å²) in [6, 6.07) is 8.67. The zero-order valence-electron chi connectivity index (χ0n) is 11.5. The van der Waals surface area contributed by atoms with Crippen LogP contribution in [0.2, 0.25) is 0 Å². The molecule has 0 fully saturated rings. The van der Waals surface area contributed by atoms with Crippen molar-refractivity contribution in [2.75, 3.05) is 0 Å². The van der Waals surface area contributed by atoms with Crippen molar-refractivity contribution < 1.29 is 19.7 Å². The van der Waals surface area contributed by atoms with Crippen LogP contribution in [-0.2, 0) is 11.3 Å². The average molecular weight is 267 g/mol. The van der Waals surface area contributed by atoms with Gasteiger partial charge < -0.3 is 20.3 Å². The van der Waals surface area contributed by atoms with Crippen molar-refractivity contribution in [2.45, 2.75) is 45.1 Å². The van der Waals surface area contributed by atoms with Crippen LogP contribution in [0, 0.1) is 0 Å². The Balaban J connectivity index is 2.43. The summed E-state index contributed by atoms with van der Waals surface area (Å²) in [7, 11) is 0. The number of hydrogen-bond donors (Lipinski definition) is 3. The summed E-state index contributed by atoms with van der Waals surface area (Å²) in [5.41, 5.74) is -0.529. The van der Waals surface area contributed by atoms with Crippen molar-refractivity contribution in [3.63, 3.8) is 0 Å². The molecule has 5 nitrogen and oxygen atoms in total. The van der Waals surface area contributed by atoms with Gasteiger partial charge in [0.15, 0.2) is 0 Å². The molecule has 1 aromatic rings. The third-order valence-electron chi connectivity index (χ3n) is 3.27. The molecule has 0 spiro atoms. The monoisotopic (exact) mass is 267 g/mol. The van der Waals surface area contributed by atoms with Crippen molar-refractivity contribution in [1.82, 2.24) is 5.32 Å². The number of benzene rings is 1. The molecule has 19 heavy (non-hydrogen) atoms.